The molecule has 0 radical (unpaired) electrons. The Labute approximate surface area is 120 Å². The average Bonchev–Trinajstić information content (AvgIpc) is 2.45. The molecule has 0 fully saturated rings. The smallest absolute Gasteiger partial charge is 0.250 e. The number of rotatable bonds is 3. The molecular weight excluding hydrogens is 278 g/mol. The molecule has 0 spiro atoms. The fourth-order valence-electron chi connectivity index (χ4n) is 1.73. The summed E-state index contributed by atoms with van der Waals surface area (Å²) in [6.07, 6.45) is 0. The summed E-state index contributed by atoms with van der Waals surface area (Å²) in [5.41, 5.74) is 0.694. The lowest BCUT2D eigenvalue weighted by atomic mass is 10.1. The van der Waals surface area contributed by atoms with Gasteiger partial charge in [-0.25, -0.2) is 0 Å². The van der Waals surface area contributed by atoms with Gasteiger partial charge in [0.15, 0.2) is 4.75 Å². The molecule has 1 atom stereocenters. The molecule has 0 aliphatic carbocycles. The number of nitrogens with one attached hydrogen (secondary N) is 3. The van der Waals surface area contributed by atoms with Gasteiger partial charge >= 0.3 is 0 Å². The SMILES string of the molecule is CNC(=O)CNC(=O)C1(C)Sc2ccccc2NC1=O. The van der Waals surface area contributed by atoms with Gasteiger partial charge in [-0.1, -0.05) is 23.9 Å². The number of hydrogen-bond acceptors (Lipinski definition) is 4. The summed E-state index contributed by atoms with van der Waals surface area (Å²) in [4.78, 5) is 36.3. The summed E-state index contributed by atoms with van der Waals surface area (Å²) in [6, 6.07) is 7.27. The van der Waals surface area contributed by atoms with Gasteiger partial charge in [0.2, 0.25) is 17.7 Å². The lowest BCUT2D eigenvalue weighted by molar-refractivity contribution is -0.131. The van der Waals surface area contributed by atoms with Crippen LogP contribution in [0.5, 0.6) is 0 Å². The highest BCUT2D eigenvalue weighted by atomic mass is 32.2. The Morgan fingerprint density at radius 2 is 2.05 bits per heavy atom. The van der Waals surface area contributed by atoms with Gasteiger partial charge in [-0.05, 0) is 19.1 Å². The third kappa shape index (κ3) is 2.62. The van der Waals surface area contributed by atoms with Crippen molar-refractivity contribution in [1.82, 2.24) is 10.6 Å². The quantitative estimate of drug-likeness (QED) is 0.702. The van der Waals surface area contributed by atoms with E-state index in [-0.39, 0.29) is 12.5 Å². The number of thioether (sulfide) groups is 1. The van der Waals surface area contributed by atoms with Crippen LogP contribution in [-0.2, 0) is 14.4 Å². The van der Waals surface area contributed by atoms with Crippen LogP contribution >= 0.6 is 11.8 Å². The zero-order valence-corrected chi connectivity index (χ0v) is 12.0. The second kappa shape index (κ2) is 5.54. The Bertz CT molecular complexity index is 576. The van der Waals surface area contributed by atoms with E-state index in [1.54, 1.807) is 13.0 Å². The molecular formula is C13H15N3O3S. The molecule has 20 heavy (non-hydrogen) atoms. The largest absolute Gasteiger partial charge is 0.358 e. The predicted molar refractivity (Wildman–Crippen MR) is 76.4 cm³/mol. The van der Waals surface area contributed by atoms with Crippen molar-refractivity contribution in [2.24, 2.45) is 0 Å². The lowest BCUT2D eigenvalue weighted by Crippen LogP contribution is -2.53. The second-order valence-electron chi connectivity index (χ2n) is 4.44. The van der Waals surface area contributed by atoms with Crippen LogP contribution in [0.1, 0.15) is 6.92 Å². The maximum absolute atomic E-state index is 12.2. The minimum absolute atomic E-state index is 0.152. The van der Waals surface area contributed by atoms with Gasteiger partial charge in [0.05, 0.1) is 12.2 Å². The number of anilines is 1. The van der Waals surface area contributed by atoms with Crippen LogP contribution in [0, 0.1) is 0 Å². The molecule has 6 nitrogen and oxygen atoms in total. The molecule has 0 saturated carbocycles. The standard InChI is InChI=1S/C13H15N3O3S/c1-13(11(18)15-7-10(17)14-2)12(19)16-8-5-3-4-6-9(8)20-13/h3-6H,7H2,1-2H3,(H,14,17)(H,15,18)(H,16,19). The minimum atomic E-state index is -1.29. The van der Waals surface area contributed by atoms with Crippen molar-refractivity contribution in [3.05, 3.63) is 24.3 Å². The molecule has 3 N–H and O–H groups in total. The lowest BCUT2D eigenvalue weighted by Gasteiger charge is -2.31. The summed E-state index contributed by atoms with van der Waals surface area (Å²) < 4.78 is -1.29. The second-order valence-corrected chi connectivity index (χ2v) is 5.90. The number of benzene rings is 1. The van der Waals surface area contributed by atoms with Crippen LogP contribution in [0.25, 0.3) is 0 Å². The molecule has 106 valence electrons. The number of likely N-dealkylation sites (N-methyl/N-ethyl adjacent to an activating group) is 1. The van der Waals surface area contributed by atoms with Crippen LogP contribution in [0.3, 0.4) is 0 Å². The molecule has 1 aromatic rings. The van der Waals surface area contributed by atoms with Crippen LogP contribution in [0.2, 0.25) is 0 Å². The summed E-state index contributed by atoms with van der Waals surface area (Å²) in [5, 5.41) is 7.59. The van der Waals surface area contributed by atoms with Crippen LogP contribution in [0.4, 0.5) is 5.69 Å². The number of para-hydroxylation sites is 1. The molecule has 1 aliphatic rings. The maximum Gasteiger partial charge on any atom is 0.250 e. The molecule has 0 aromatic heterocycles. The van der Waals surface area contributed by atoms with Crippen LogP contribution in [0.15, 0.2) is 29.2 Å². The third-order valence-electron chi connectivity index (χ3n) is 3.00. The minimum Gasteiger partial charge on any atom is -0.358 e. The van der Waals surface area contributed by atoms with Gasteiger partial charge < -0.3 is 16.0 Å². The van der Waals surface area contributed by atoms with Gasteiger partial charge in [0.25, 0.3) is 0 Å². The number of fused-ring (bicyclic) bond motifs is 1. The first-order valence-corrected chi connectivity index (χ1v) is 6.87. The van der Waals surface area contributed by atoms with E-state index in [1.807, 2.05) is 18.2 Å². The van der Waals surface area contributed by atoms with Gasteiger partial charge in [0.1, 0.15) is 0 Å². The number of carbonyl (C=O) groups is 3. The van der Waals surface area contributed by atoms with E-state index in [2.05, 4.69) is 16.0 Å². The van der Waals surface area contributed by atoms with Gasteiger partial charge in [0, 0.05) is 11.9 Å². The van der Waals surface area contributed by atoms with Crippen molar-refractivity contribution < 1.29 is 14.4 Å². The number of amides is 3. The highest BCUT2D eigenvalue weighted by molar-refractivity contribution is 8.02. The third-order valence-corrected chi connectivity index (χ3v) is 4.36. The van der Waals surface area contributed by atoms with E-state index in [9.17, 15) is 14.4 Å². The zero-order valence-electron chi connectivity index (χ0n) is 11.1. The molecule has 2 rings (SSSR count). The van der Waals surface area contributed by atoms with Crippen LogP contribution < -0.4 is 16.0 Å². The molecule has 1 aromatic carbocycles. The number of carbonyl (C=O) groups excluding carboxylic acids is 3. The zero-order chi connectivity index (χ0) is 14.8. The fourth-order valence-corrected chi connectivity index (χ4v) is 2.86. The normalized spacial score (nSPS) is 20.6. The first kappa shape index (κ1) is 14.4. The van der Waals surface area contributed by atoms with E-state index in [0.29, 0.717) is 5.69 Å². The van der Waals surface area contributed by atoms with E-state index >= 15 is 0 Å². The molecule has 3 amide bonds. The molecule has 1 heterocycles. The van der Waals surface area contributed by atoms with Crippen molar-refractivity contribution >= 4 is 35.2 Å². The number of hydrogen-bond donors (Lipinski definition) is 3. The Morgan fingerprint density at radius 3 is 2.75 bits per heavy atom. The monoisotopic (exact) mass is 293 g/mol. The van der Waals surface area contributed by atoms with E-state index in [4.69, 9.17) is 0 Å². The van der Waals surface area contributed by atoms with Crippen molar-refractivity contribution in [3.8, 4) is 0 Å². The van der Waals surface area contributed by atoms with Crippen molar-refractivity contribution in [2.45, 2.75) is 16.6 Å². The average molecular weight is 293 g/mol. The Kier molecular flexibility index (Phi) is 3.99. The Morgan fingerprint density at radius 1 is 1.35 bits per heavy atom. The summed E-state index contributed by atoms with van der Waals surface area (Å²) >= 11 is 1.18. The first-order valence-electron chi connectivity index (χ1n) is 6.06. The molecule has 0 bridgehead atoms. The Hall–Kier alpha value is -2.02. The van der Waals surface area contributed by atoms with E-state index < -0.39 is 16.6 Å². The highest BCUT2D eigenvalue weighted by Gasteiger charge is 2.45. The fraction of sp³-hybridized carbons (Fsp3) is 0.308. The Balaban J connectivity index is 2.16. The van der Waals surface area contributed by atoms with Gasteiger partial charge in [-0.2, -0.15) is 0 Å². The molecule has 0 saturated heterocycles. The first-order chi connectivity index (χ1) is 9.47. The van der Waals surface area contributed by atoms with Gasteiger partial charge in [-0.3, -0.25) is 14.4 Å². The summed E-state index contributed by atoms with van der Waals surface area (Å²) in [6.45, 7) is 1.39. The molecule has 7 heteroatoms. The summed E-state index contributed by atoms with van der Waals surface area (Å²) in [7, 11) is 1.48. The topological polar surface area (TPSA) is 87.3 Å². The van der Waals surface area contributed by atoms with Crippen LogP contribution in [-0.4, -0.2) is 36.1 Å². The van der Waals surface area contributed by atoms with E-state index in [1.165, 1.54) is 18.8 Å². The highest BCUT2D eigenvalue weighted by Crippen LogP contribution is 2.42. The molecule has 1 aliphatic heterocycles. The van der Waals surface area contributed by atoms with Gasteiger partial charge in [-0.15, -0.1) is 0 Å². The van der Waals surface area contributed by atoms with Crippen molar-refractivity contribution in [3.63, 3.8) is 0 Å². The predicted octanol–water partition coefficient (Wildman–Crippen LogP) is 0.352. The maximum atomic E-state index is 12.2. The summed E-state index contributed by atoms with van der Waals surface area (Å²) in [5.74, 6) is -1.20. The van der Waals surface area contributed by atoms with E-state index in [0.717, 1.165) is 4.90 Å². The van der Waals surface area contributed by atoms with Crippen molar-refractivity contribution in [1.29, 1.82) is 0 Å². The van der Waals surface area contributed by atoms with Crippen molar-refractivity contribution in [2.75, 3.05) is 18.9 Å². The molecule has 1 unspecified atom stereocenters.